The highest BCUT2D eigenvalue weighted by molar-refractivity contribution is 6.35. The van der Waals surface area contributed by atoms with Crippen LogP contribution in [0.4, 0.5) is 13.2 Å². The standard InChI is InChI=1S/C22H17ClF3N5O2/c1-12-4-3-5-18(28-12)31-10-15-9-30(11-16(15)29-31)21(32)19-17(33-13(2)22(24,25)26)7-6-14(8-27)20(19)23/h3-7,10,13H,9,11H2,1-2H3/t13-/m0/s1. The van der Waals surface area contributed by atoms with Crippen molar-refractivity contribution in [2.45, 2.75) is 39.2 Å². The average molecular weight is 476 g/mol. The van der Waals surface area contributed by atoms with Crippen LogP contribution >= 0.6 is 11.6 Å². The van der Waals surface area contributed by atoms with Crippen LogP contribution < -0.4 is 4.74 Å². The van der Waals surface area contributed by atoms with Crippen LogP contribution in [0.1, 0.15) is 39.8 Å². The number of benzene rings is 1. The number of hydrogen-bond acceptors (Lipinski definition) is 5. The number of aromatic nitrogens is 3. The van der Waals surface area contributed by atoms with Crippen molar-refractivity contribution >= 4 is 17.5 Å². The Bertz CT molecular complexity index is 1260. The summed E-state index contributed by atoms with van der Waals surface area (Å²) >= 11 is 6.23. The SMILES string of the molecule is Cc1cccc(-n2cc3c(n2)CN(C(=O)c2c(O[C@@H](C)C(F)(F)F)ccc(C#N)c2Cl)C3)n1. The fourth-order valence-corrected chi connectivity index (χ4v) is 3.71. The van der Waals surface area contributed by atoms with E-state index in [-0.39, 0.29) is 35.0 Å². The summed E-state index contributed by atoms with van der Waals surface area (Å²) in [5.74, 6) is -0.365. The van der Waals surface area contributed by atoms with E-state index in [1.165, 1.54) is 11.0 Å². The molecule has 11 heteroatoms. The lowest BCUT2D eigenvalue weighted by Crippen LogP contribution is -2.33. The molecule has 1 aliphatic rings. The van der Waals surface area contributed by atoms with Gasteiger partial charge >= 0.3 is 6.18 Å². The normalized spacial score (nSPS) is 14.0. The van der Waals surface area contributed by atoms with Crippen LogP contribution in [0.15, 0.2) is 36.5 Å². The van der Waals surface area contributed by atoms with Crippen LogP contribution in [0.2, 0.25) is 5.02 Å². The molecule has 0 N–H and O–H groups in total. The Balaban J connectivity index is 1.62. The summed E-state index contributed by atoms with van der Waals surface area (Å²) in [6.45, 7) is 2.98. The van der Waals surface area contributed by atoms with Gasteiger partial charge in [0.15, 0.2) is 11.9 Å². The summed E-state index contributed by atoms with van der Waals surface area (Å²) in [7, 11) is 0. The molecule has 1 amide bonds. The Labute approximate surface area is 192 Å². The largest absolute Gasteiger partial charge is 0.480 e. The molecule has 4 rings (SSSR count). The van der Waals surface area contributed by atoms with Crippen LogP contribution in [0, 0.1) is 18.3 Å². The third kappa shape index (κ3) is 4.36. The lowest BCUT2D eigenvalue weighted by Gasteiger charge is -2.23. The minimum absolute atomic E-state index is 0.0420. The number of halogens is 4. The van der Waals surface area contributed by atoms with Crippen LogP contribution in [-0.4, -0.2) is 37.9 Å². The quantitative estimate of drug-likeness (QED) is 0.551. The molecular weight excluding hydrogens is 459 g/mol. The molecule has 1 aromatic carbocycles. The molecule has 0 spiro atoms. The fraction of sp³-hybridized carbons (Fsp3) is 0.273. The van der Waals surface area contributed by atoms with E-state index < -0.39 is 18.2 Å². The van der Waals surface area contributed by atoms with Gasteiger partial charge in [-0.05, 0) is 38.1 Å². The number of nitrogens with zero attached hydrogens (tertiary/aromatic N) is 5. The number of alkyl halides is 3. The van der Waals surface area contributed by atoms with E-state index in [1.807, 2.05) is 25.1 Å². The molecule has 1 aliphatic heterocycles. The smallest absolute Gasteiger partial charge is 0.425 e. The number of rotatable bonds is 4. The van der Waals surface area contributed by atoms with Gasteiger partial charge in [0.05, 0.1) is 22.8 Å². The minimum Gasteiger partial charge on any atom is -0.480 e. The minimum atomic E-state index is -4.64. The first-order valence-electron chi connectivity index (χ1n) is 9.85. The third-order valence-electron chi connectivity index (χ3n) is 5.18. The monoisotopic (exact) mass is 475 g/mol. The number of nitriles is 1. The summed E-state index contributed by atoms with van der Waals surface area (Å²) in [5.41, 5.74) is 1.90. The Morgan fingerprint density at radius 2 is 2.03 bits per heavy atom. The maximum absolute atomic E-state index is 13.3. The zero-order chi connectivity index (χ0) is 23.9. The first-order valence-corrected chi connectivity index (χ1v) is 10.2. The maximum atomic E-state index is 13.3. The van der Waals surface area contributed by atoms with Crippen LogP contribution in [0.5, 0.6) is 5.75 Å². The molecule has 2 aromatic heterocycles. The second-order valence-corrected chi connectivity index (χ2v) is 7.94. The molecule has 0 unspecified atom stereocenters. The number of fused-ring (bicyclic) bond motifs is 1. The van der Waals surface area contributed by atoms with Crippen molar-refractivity contribution in [2.24, 2.45) is 0 Å². The zero-order valence-corrected chi connectivity index (χ0v) is 18.3. The zero-order valence-electron chi connectivity index (χ0n) is 17.5. The number of ether oxygens (including phenoxy) is 1. The second-order valence-electron chi connectivity index (χ2n) is 7.56. The molecule has 0 bridgehead atoms. The topological polar surface area (TPSA) is 84.0 Å². The van der Waals surface area contributed by atoms with Crippen molar-refractivity contribution in [3.05, 3.63) is 69.6 Å². The van der Waals surface area contributed by atoms with Gasteiger partial charge in [-0.15, -0.1) is 0 Å². The van der Waals surface area contributed by atoms with Gasteiger partial charge in [-0.2, -0.15) is 23.5 Å². The van der Waals surface area contributed by atoms with Crippen molar-refractivity contribution in [2.75, 3.05) is 0 Å². The maximum Gasteiger partial charge on any atom is 0.425 e. The number of pyridine rings is 1. The van der Waals surface area contributed by atoms with Crippen molar-refractivity contribution in [3.8, 4) is 17.6 Å². The number of aryl methyl sites for hydroxylation is 1. The molecule has 0 aliphatic carbocycles. The van der Waals surface area contributed by atoms with Crippen molar-refractivity contribution in [1.29, 1.82) is 5.26 Å². The van der Waals surface area contributed by atoms with Crippen molar-refractivity contribution in [3.63, 3.8) is 0 Å². The summed E-state index contributed by atoms with van der Waals surface area (Å²) in [5, 5.41) is 13.5. The van der Waals surface area contributed by atoms with E-state index in [9.17, 15) is 23.2 Å². The van der Waals surface area contributed by atoms with Gasteiger partial charge in [0.2, 0.25) is 0 Å². The predicted octanol–water partition coefficient (Wildman–Crippen LogP) is 4.59. The van der Waals surface area contributed by atoms with Crippen LogP contribution in [-0.2, 0) is 13.1 Å². The Hall–Kier alpha value is -3.58. The van der Waals surface area contributed by atoms with E-state index in [2.05, 4.69) is 10.1 Å². The highest BCUT2D eigenvalue weighted by Crippen LogP contribution is 2.35. The van der Waals surface area contributed by atoms with Gasteiger partial charge in [0.25, 0.3) is 5.91 Å². The number of hydrogen-bond donors (Lipinski definition) is 0. The van der Waals surface area contributed by atoms with E-state index in [0.29, 0.717) is 11.5 Å². The molecule has 33 heavy (non-hydrogen) atoms. The molecule has 0 saturated heterocycles. The van der Waals surface area contributed by atoms with E-state index in [0.717, 1.165) is 24.2 Å². The highest BCUT2D eigenvalue weighted by Gasteiger charge is 2.39. The molecule has 0 fully saturated rings. The summed E-state index contributed by atoms with van der Waals surface area (Å²) in [6.07, 6.45) is -5.06. The van der Waals surface area contributed by atoms with E-state index in [1.54, 1.807) is 16.9 Å². The Kier molecular flexibility index (Phi) is 5.76. The molecule has 0 saturated carbocycles. The Morgan fingerprint density at radius 1 is 1.27 bits per heavy atom. The van der Waals surface area contributed by atoms with Gasteiger partial charge < -0.3 is 9.64 Å². The molecular formula is C22H17ClF3N5O2. The number of carbonyl (C=O) groups excluding carboxylic acids is 1. The second kappa shape index (κ2) is 8.41. The van der Waals surface area contributed by atoms with Gasteiger partial charge in [-0.3, -0.25) is 4.79 Å². The first-order chi connectivity index (χ1) is 15.6. The van der Waals surface area contributed by atoms with Gasteiger partial charge in [0, 0.05) is 24.0 Å². The van der Waals surface area contributed by atoms with Gasteiger partial charge in [-0.25, -0.2) is 9.67 Å². The number of carbonyl (C=O) groups is 1. The van der Waals surface area contributed by atoms with Crippen molar-refractivity contribution in [1.82, 2.24) is 19.7 Å². The number of amides is 1. The Morgan fingerprint density at radius 3 is 2.67 bits per heavy atom. The molecule has 0 radical (unpaired) electrons. The fourth-order valence-electron chi connectivity index (χ4n) is 3.43. The van der Waals surface area contributed by atoms with E-state index >= 15 is 0 Å². The van der Waals surface area contributed by atoms with Gasteiger partial charge in [-0.1, -0.05) is 17.7 Å². The average Bonchev–Trinajstić information content (AvgIpc) is 3.32. The van der Waals surface area contributed by atoms with Crippen LogP contribution in [0.3, 0.4) is 0 Å². The lowest BCUT2D eigenvalue weighted by molar-refractivity contribution is -0.189. The highest BCUT2D eigenvalue weighted by atomic mass is 35.5. The molecule has 7 nitrogen and oxygen atoms in total. The van der Waals surface area contributed by atoms with Crippen LogP contribution in [0.25, 0.3) is 5.82 Å². The third-order valence-corrected chi connectivity index (χ3v) is 5.57. The molecule has 3 aromatic rings. The molecule has 1 atom stereocenters. The summed E-state index contributed by atoms with van der Waals surface area (Å²) in [6, 6.07) is 9.72. The first kappa shape index (κ1) is 22.6. The summed E-state index contributed by atoms with van der Waals surface area (Å²) < 4.78 is 45.7. The molecule has 170 valence electrons. The molecule has 3 heterocycles. The van der Waals surface area contributed by atoms with Gasteiger partial charge in [0.1, 0.15) is 17.4 Å². The lowest BCUT2D eigenvalue weighted by atomic mass is 10.1. The van der Waals surface area contributed by atoms with E-state index in [4.69, 9.17) is 16.3 Å². The predicted molar refractivity (Wildman–Crippen MR) is 112 cm³/mol. The van der Waals surface area contributed by atoms with Crippen molar-refractivity contribution < 1.29 is 22.7 Å². The summed E-state index contributed by atoms with van der Waals surface area (Å²) in [4.78, 5) is 19.1.